The van der Waals surface area contributed by atoms with Gasteiger partial charge in [-0.2, -0.15) is 0 Å². The summed E-state index contributed by atoms with van der Waals surface area (Å²) < 4.78 is 0. The molecule has 0 aromatic carbocycles. The van der Waals surface area contributed by atoms with Crippen molar-refractivity contribution in [3.8, 4) is 0 Å². The standard InChI is InChI=1S/2C7H11NO2/c2*8-6-4-2-1-3-5(6)7(9)10/h2*1-2,5-6H,3-4,8H2,(H,9,10)/t2*5-,6+/m10/s1. The zero-order chi connectivity index (χ0) is 15.1. The lowest BCUT2D eigenvalue weighted by Gasteiger charge is -2.20. The van der Waals surface area contributed by atoms with Crippen molar-refractivity contribution in [3.63, 3.8) is 0 Å². The number of aliphatic carboxylic acids is 2. The first-order chi connectivity index (χ1) is 9.43. The summed E-state index contributed by atoms with van der Waals surface area (Å²) in [6.07, 6.45) is 10.2. The van der Waals surface area contributed by atoms with Crippen LogP contribution in [-0.4, -0.2) is 34.2 Å². The van der Waals surface area contributed by atoms with E-state index >= 15 is 0 Å². The third-order valence-electron chi connectivity index (χ3n) is 3.60. The molecule has 6 heteroatoms. The van der Waals surface area contributed by atoms with Gasteiger partial charge in [0.05, 0.1) is 11.8 Å². The fourth-order valence-corrected chi connectivity index (χ4v) is 2.24. The maximum atomic E-state index is 10.5. The number of carbonyl (C=O) groups is 2. The molecule has 0 bridgehead atoms. The van der Waals surface area contributed by atoms with E-state index in [9.17, 15) is 9.59 Å². The number of carboxylic acids is 2. The molecule has 6 nitrogen and oxygen atoms in total. The zero-order valence-corrected chi connectivity index (χ0v) is 11.3. The van der Waals surface area contributed by atoms with Gasteiger partial charge >= 0.3 is 11.9 Å². The normalized spacial score (nSPS) is 32.1. The molecule has 112 valence electrons. The van der Waals surface area contributed by atoms with E-state index in [0.717, 1.165) is 0 Å². The van der Waals surface area contributed by atoms with Crippen molar-refractivity contribution < 1.29 is 19.8 Å². The van der Waals surface area contributed by atoms with Crippen molar-refractivity contribution in [3.05, 3.63) is 24.3 Å². The summed E-state index contributed by atoms with van der Waals surface area (Å²) in [4.78, 5) is 20.9. The first-order valence-electron chi connectivity index (χ1n) is 6.70. The molecule has 0 aromatic rings. The predicted octanol–water partition coefficient (Wildman–Crippen LogP) is 0.729. The van der Waals surface area contributed by atoms with Crippen LogP contribution in [0.5, 0.6) is 0 Å². The number of rotatable bonds is 2. The maximum Gasteiger partial charge on any atom is 0.308 e. The fraction of sp³-hybridized carbons (Fsp3) is 0.571. The summed E-state index contributed by atoms with van der Waals surface area (Å²) in [5, 5.41) is 17.2. The SMILES string of the molecule is N[C@@H]1CC=CC[C@@H]1C(=O)O.N[C@H]1CC=CC[C@H]1C(=O)O. The summed E-state index contributed by atoms with van der Waals surface area (Å²) in [5.74, 6) is -2.30. The van der Waals surface area contributed by atoms with Crippen molar-refractivity contribution in [2.45, 2.75) is 37.8 Å². The molecule has 0 aromatic heterocycles. The Kier molecular flexibility index (Phi) is 6.41. The van der Waals surface area contributed by atoms with Crippen LogP contribution in [0.25, 0.3) is 0 Å². The van der Waals surface area contributed by atoms with Crippen LogP contribution in [0.2, 0.25) is 0 Å². The second-order valence-electron chi connectivity index (χ2n) is 5.10. The zero-order valence-electron chi connectivity index (χ0n) is 11.3. The lowest BCUT2D eigenvalue weighted by atomic mass is 9.90. The van der Waals surface area contributed by atoms with Crippen LogP contribution in [0.3, 0.4) is 0 Å². The van der Waals surface area contributed by atoms with Crippen LogP contribution >= 0.6 is 0 Å². The highest BCUT2D eigenvalue weighted by molar-refractivity contribution is 5.71. The van der Waals surface area contributed by atoms with Gasteiger partial charge in [-0.05, 0) is 25.7 Å². The lowest BCUT2D eigenvalue weighted by Crippen LogP contribution is -2.36. The monoisotopic (exact) mass is 282 g/mol. The maximum absolute atomic E-state index is 10.5. The average Bonchev–Trinajstić information content (AvgIpc) is 2.40. The molecule has 0 saturated heterocycles. The van der Waals surface area contributed by atoms with Gasteiger partial charge in [0.2, 0.25) is 0 Å². The molecule has 0 spiro atoms. The van der Waals surface area contributed by atoms with Crippen LogP contribution < -0.4 is 11.5 Å². The Morgan fingerprint density at radius 2 is 1.05 bits per heavy atom. The number of hydrogen-bond acceptors (Lipinski definition) is 4. The molecule has 20 heavy (non-hydrogen) atoms. The second-order valence-corrected chi connectivity index (χ2v) is 5.10. The molecule has 4 atom stereocenters. The fourth-order valence-electron chi connectivity index (χ4n) is 2.24. The van der Waals surface area contributed by atoms with Gasteiger partial charge in [0, 0.05) is 12.1 Å². The number of nitrogens with two attached hydrogens (primary N) is 2. The van der Waals surface area contributed by atoms with Crippen LogP contribution in [-0.2, 0) is 9.59 Å². The topological polar surface area (TPSA) is 127 Å². The van der Waals surface area contributed by atoms with E-state index in [-0.39, 0.29) is 23.9 Å². The minimum atomic E-state index is -0.781. The van der Waals surface area contributed by atoms with Crippen molar-refractivity contribution in [2.24, 2.45) is 23.3 Å². The quantitative estimate of drug-likeness (QED) is 0.553. The highest BCUT2D eigenvalue weighted by Gasteiger charge is 2.25. The van der Waals surface area contributed by atoms with Gasteiger partial charge in [0.15, 0.2) is 0 Å². The molecular formula is C14H22N2O4. The molecule has 0 unspecified atom stereocenters. The highest BCUT2D eigenvalue weighted by atomic mass is 16.4. The third-order valence-corrected chi connectivity index (χ3v) is 3.60. The predicted molar refractivity (Wildman–Crippen MR) is 75.0 cm³/mol. The molecular weight excluding hydrogens is 260 g/mol. The largest absolute Gasteiger partial charge is 0.481 e. The molecule has 2 rings (SSSR count). The van der Waals surface area contributed by atoms with Crippen molar-refractivity contribution in [2.75, 3.05) is 0 Å². The Hall–Kier alpha value is -1.66. The first-order valence-corrected chi connectivity index (χ1v) is 6.70. The molecule has 0 fully saturated rings. The van der Waals surface area contributed by atoms with Crippen LogP contribution in [0, 0.1) is 11.8 Å². The minimum absolute atomic E-state index is 0.192. The molecule has 0 aliphatic heterocycles. The van der Waals surface area contributed by atoms with Crippen molar-refractivity contribution >= 4 is 11.9 Å². The van der Waals surface area contributed by atoms with E-state index in [0.29, 0.717) is 25.7 Å². The van der Waals surface area contributed by atoms with E-state index in [1.165, 1.54) is 0 Å². The Labute approximate surface area is 118 Å². The molecule has 0 radical (unpaired) electrons. The van der Waals surface area contributed by atoms with Gasteiger partial charge in [-0.3, -0.25) is 9.59 Å². The Bertz CT molecular complexity index is 368. The molecule has 2 aliphatic rings. The number of carboxylic acid groups (broad SMARTS) is 2. The van der Waals surface area contributed by atoms with E-state index < -0.39 is 11.9 Å². The summed E-state index contributed by atoms with van der Waals surface area (Å²) in [7, 11) is 0. The average molecular weight is 282 g/mol. The van der Waals surface area contributed by atoms with E-state index in [2.05, 4.69) is 0 Å². The Balaban J connectivity index is 0.000000200. The van der Waals surface area contributed by atoms with E-state index in [4.69, 9.17) is 21.7 Å². The summed E-state index contributed by atoms with van der Waals surface area (Å²) in [5.41, 5.74) is 11.1. The second kappa shape index (κ2) is 7.81. The van der Waals surface area contributed by atoms with Crippen LogP contribution in [0.15, 0.2) is 24.3 Å². The third kappa shape index (κ3) is 4.79. The smallest absolute Gasteiger partial charge is 0.308 e. The Morgan fingerprint density at radius 3 is 1.25 bits per heavy atom. The molecule has 6 N–H and O–H groups in total. The van der Waals surface area contributed by atoms with Gasteiger partial charge in [-0.25, -0.2) is 0 Å². The van der Waals surface area contributed by atoms with Gasteiger partial charge in [-0.1, -0.05) is 24.3 Å². The number of allylic oxidation sites excluding steroid dienone is 2. The highest BCUT2D eigenvalue weighted by Crippen LogP contribution is 2.17. The molecule has 0 amide bonds. The van der Waals surface area contributed by atoms with Crippen molar-refractivity contribution in [1.29, 1.82) is 0 Å². The van der Waals surface area contributed by atoms with E-state index in [1.807, 2.05) is 24.3 Å². The molecule has 0 heterocycles. The van der Waals surface area contributed by atoms with Gasteiger partial charge < -0.3 is 21.7 Å². The Morgan fingerprint density at radius 1 is 0.750 bits per heavy atom. The van der Waals surface area contributed by atoms with Gasteiger partial charge in [-0.15, -0.1) is 0 Å². The van der Waals surface area contributed by atoms with Crippen molar-refractivity contribution in [1.82, 2.24) is 0 Å². The first kappa shape index (κ1) is 16.4. The summed E-state index contributed by atoms with van der Waals surface area (Å²) in [6, 6.07) is -0.384. The lowest BCUT2D eigenvalue weighted by molar-refractivity contribution is -0.143. The van der Waals surface area contributed by atoms with E-state index in [1.54, 1.807) is 0 Å². The van der Waals surface area contributed by atoms with Crippen LogP contribution in [0.4, 0.5) is 0 Å². The number of hydrogen-bond donors (Lipinski definition) is 4. The molecule has 2 aliphatic carbocycles. The van der Waals surface area contributed by atoms with Gasteiger partial charge in [0.25, 0.3) is 0 Å². The minimum Gasteiger partial charge on any atom is -0.481 e. The summed E-state index contributed by atoms with van der Waals surface area (Å²) in [6.45, 7) is 0. The van der Waals surface area contributed by atoms with Gasteiger partial charge in [0.1, 0.15) is 0 Å². The summed E-state index contributed by atoms with van der Waals surface area (Å²) >= 11 is 0. The van der Waals surface area contributed by atoms with Crippen LogP contribution in [0.1, 0.15) is 25.7 Å². The molecule has 0 saturated carbocycles.